The maximum atomic E-state index is 13.5. The fourth-order valence-electron chi connectivity index (χ4n) is 3.48. The van der Waals surface area contributed by atoms with E-state index in [1.165, 1.54) is 0 Å². The maximum absolute atomic E-state index is 13.5. The van der Waals surface area contributed by atoms with Crippen molar-refractivity contribution in [1.29, 1.82) is 0 Å². The molecule has 0 unspecified atom stereocenters. The number of imide groups is 2. The lowest BCUT2D eigenvalue weighted by Crippen LogP contribution is -2.49. The predicted octanol–water partition coefficient (Wildman–Crippen LogP) is 2.30. The molecule has 8 nitrogen and oxygen atoms in total. The van der Waals surface area contributed by atoms with Crippen molar-refractivity contribution in [3.05, 3.63) is 71.8 Å². The average molecular weight is 422 g/mol. The number of amides is 6. The Bertz CT molecular complexity index is 964. The molecule has 0 saturated carbocycles. The van der Waals surface area contributed by atoms with Crippen LogP contribution in [0.4, 0.5) is 9.59 Å². The van der Waals surface area contributed by atoms with Crippen molar-refractivity contribution in [2.45, 2.75) is 38.3 Å². The van der Waals surface area contributed by atoms with Gasteiger partial charge in [-0.05, 0) is 24.5 Å². The van der Waals surface area contributed by atoms with Crippen LogP contribution >= 0.6 is 0 Å². The summed E-state index contributed by atoms with van der Waals surface area (Å²) in [5, 5.41) is 7.56. The van der Waals surface area contributed by atoms with E-state index >= 15 is 0 Å². The Morgan fingerprint density at radius 1 is 1.03 bits per heavy atom. The number of carbonyl (C=O) groups excluding carboxylic acids is 4. The topological polar surface area (TPSA) is 108 Å². The van der Waals surface area contributed by atoms with Crippen molar-refractivity contribution in [2.24, 2.45) is 0 Å². The number of benzene rings is 2. The number of hydrogen-bond acceptors (Lipinski definition) is 4. The first-order valence-electron chi connectivity index (χ1n) is 10.2. The molecule has 1 saturated heterocycles. The van der Waals surface area contributed by atoms with Crippen LogP contribution < -0.4 is 16.0 Å². The molecule has 2 aromatic carbocycles. The fourth-order valence-corrected chi connectivity index (χ4v) is 3.48. The van der Waals surface area contributed by atoms with Gasteiger partial charge in [-0.3, -0.25) is 19.8 Å². The highest BCUT2D eigenvalue weighted by molar-refractivity contribution is 6.10. The van der Waals surface area contributed by atoms with Gasteiger partial charge in [0.05, 0.1) is 0 Å². The van der Waals surface area contributed by atoms with E-state index < -0.39 is 36.0 Å². The van der Waals surface area contributed by atoms with Gasteiger partial charge in [0.1, 0.15) is 6.54 Å². The molecular formula is C23H26N4O4. The van der Waals surface area contributed by atoms with Crippen LogP contribution in [0.15, 0.2) is 60.7 Å². The van der Waals surface area contributed by atoms with Crippen LogP contribution in [0.3, 0.4) is 0 Å². The van der Waals surface area contributed by atoms with Gasteiger partial charge in [0.15, 0.2) is 5.54 Å². The van der Waals surface area contributed by atoms with Gasteiger partial charge >= 0.3 is 12.1 Å². The van der Waals surface area contributed by atoms with Crippen LogP contribution in [0.1, 0.15) is 31.4 Å². The number of nitrogens with zero attached hydrogens (tertiary/aromatic N) is 1. The van der Waals surface area contributed by atoms with Crippen molar-refractivity contribution in [3.63, 3.8) is 0 Å². The third kappa shape index (κ3) is 4.91. The fraction of sp³-hybridized carbons (Fsp3) is 0.304. The smallest absolute Gasteiger partial charge is 0.325 e. The Morgan fingerprint density at radius 3 is 2.26 bits per heavy atom. The lowest BCUT2D eigenvalue weighted by atomic mass is 9.83. The number of urea groups is 2. The minimum atomic E-state index is -1.33. The zero-order valence-electron chi connectivity index (χ0n) is 17.6. The van der Waals surface area contributed by atoms with E-state index in [-0.39, 0.29) is 12.5 Å². The van der Waals surface area contributed by atoms with Crippen LogP contribution in [-0.2, 0) is 21.5 Å². The summed E-state index contributed by atoms with van der Waals surface area (Å²) in [6.07, 6.45) is 0.933. The molecule has 1 heterocycles. The zero-order chi connectivity index (χ0) is 22.4. The Kier molecular flexibility index (Phi) is 6.69. The van der Waals surface area contributed by atoms with Gasteiger partial charge in [0.25, 0.3) is 5.91 Å². The summed E-state index contributed by atoms with van der Waals surface area (Å²) in [6.45, 7) is 3.15. The molecule has 0 radical (unpaired) electrons. The van der Waals surface area contributed by atoms with Gasteiger partial charge in [-0.1, -0.05) is 67.6 Å². The highest BCUT2D eigenvalue weighted by Crippen LogP contribution is 2.32. The van der Waals surface area contributed by atoms with Gasteiger partial charge in [0, 0.05) is 12.5 Å². The van der Waals surface area contributed by atoms with Crippen LogP contribution in [-0.4, -0.2) is 41.4 Å². The quantitative estimate of drug-likeness (QED) is 0.595. The minimum absolute atomic E-state index is 0.110. The summed E-state index contributed by atoms with van der Waals surface area (Å²) in [4.78, 5) is 51.3. The second-order valence-electron chi connectivity index (χ2n) is 7.59. The van der Waals surface area contributed by atoms with Crippen LogP contribution in [0.25, 0.3) is 0 Å². The van der Waals surface area contributed by atoms with E-state index in [0.29, 0.717) is 12.0 Å². The second-order valence-corrected chi connectivity index (χ2v) is 7.59. The molecule has 3 N–H and O–H groups in total. The molecule has 0 bridgehead atoms. The van der Waals surface area contributed by atoms with Crippen LogP contribution in [0.5, 0.6) is 0 Å². The normalized spacial score (nSPS) is 19.0. The Balaban J connectivity index is 1.82. The van der Waals surface area contributed by atoms with Crippen molar-refractivity contribution in [1.82, 2.24) is 20.9 Å². The standard InChI is InChI=1S/C23H26N4O4/c1-3-16(2)24-21(30)25-19(28)15-27-20(29)23(26-22(27)31,18-12-8-5-9-13-18)14-17-10-6-4-7-11-17/h4-13,16H,3,14-15H2,1-2H3,(H,26,31)(H2,24,25,28,30)/t16-,23-/m1/s1. The van der Waals surface area contributed by atoms with Gasteiger partial charge < -0.3 is 10.6 Å². The summed E-state index contributed by atoms with van der Waals surface area (Å²) < 4.78 is 0. The van der Waals surface area contributed by atoms with E-state index in [4.69, 9.17) is 0 Å². The molecule has 162 valence electrons. The molecular weight excluding hydrogens is 396 g/mol. The predicted molar refractivity (Wildman–Crippen MR) is 115 cm³/mol. The van der Waals surface area contributed by atoms with Gasteiger partial charge in [-0.25, -0.2) is 9.59 Å². The molecule has 1 aliphatic heterocycles. The monoisotopic (exact) mass is 422 g/mol. The molecule has 0 spiro atoms. The highest BCUT2D eigenvalue weighted by atomic mass is 16.2. The van der Waals surface area contributed by atoms with E-state index in [0.717, 1.165) is 10.5 Å². The number of nitrogens with one attached hydrogen (secondary N) is 3. The Morgan fingerprint density at radius 2 is 1.65 bits per heavy atom. The van der Waals surface area contributed by atoms with Crippen LogP contribution in [0.2, 0.25) is 0 Å². The number of hydrogen-bond donors (Lipinski definition) is 3. The highest BCUT2D eigenvalue weighted by Gasteiger charge is 2.52. The molecule has 1 fully saturated rings. The first kappa shape index (κ1) is 22.0. The van der Waals surface area contributed by atoms with Crippen molar-refractivity contribution in [2.75, 3.05) is 6.54 Å². The largest absolute Gasteiger partial charge is 0.335 e. The first-order valence-corrected chi connectivity index (χ1v) is 10.2. The molecule has 0 aromatic heterocycles. The van der Waals surface area contributed by atoms with Crippen LogP contribution in [0, 0.1) is 0 Å². The molecule has 6 amide bonds. The number of rotatable bonds is 7. The maximum Gasteiger partial charge on any atom is 0.325 e. The molecule has 0 aliphatic carbocycles. The lowest BCUT2D eigenvalue weighted by molar-refractivity contribution is -0.135. The third-order valence-electron chi connectivity index (χ3n) is 5.30. The Labute approximate surface area is 181 Å². The second kappa shape index (κ2) is 9.42. The SMILES string of the molecule is CC[C@@H](C)NC(=O)NC(=O)CN1C(=O)N[C@](Cc2ccccc2)(c2ccccc2)C1=O. The molecule has 31 heavy (non-hydrogen) atoms. The van der Waals surface area contributed by atoms with E-state index in [1.54, 1.807) is 31.2 Å². The van der Waals surface area contributed by atoms with E-state index in [2.05, 4.69) is 16.0 Å². The summed E-state index contributed by atoms with van der Waals surface area (Å²) in [7, 11) is 0. The zero-order valence-corrected chi connectivity index (χ0v) is 17.6. The van der Waals surface area contributed by atoms with Crippen molar-refractivity contribution >= 4 is 23.9 Å². The summed E-state index contributed by atoms with van der Waals surface area (Å²) in [5.74, 6) is -1.28. The van der Waals surface area contributed by atoms with Crippen molar-refractivity contribution in [3.8, 4) is 0 Å². The van der Waals surface area contributed by atoms with E-state index in [9.17, 15) is 19.2 Å². The molecule has 1 aliphatic rings. The lowest BCUT2D eigenvalue weighted by Gasteiger charge is -2.27. The number of carbonyl (C=O) groups is 4. The molecule has 2 atom stereocenters. The first-order chi connectivity index (χ1) is 14.9. The Hall–Kier alpha value is -3.68. The average Bonchev–Trinajstić information content (AvgIpc) is 2.99. The van der Waals surface area contributed by atoms with Gasteiger partial charge in [-0.2, -0.15) is 0 Å². The minimum Gasteiger partial charge on any atom is -0.335 e. The molecule has 3 rings (SSSR count). The molecule has 2 aromatic rings. The van der Waals surface area contributed by atoms with E-state index in [1.807, 2.05) is 43.3 Å². The van der Waals surface area contributed by atoms with Gasteiger partial charge in [-0.15, -0.1) is 0 Å². The van der Waals surface area contributed by atoms with Crippen molar-refractivity contribution < 1.29 is 19.2 Å². The molecule has 8 heteroatoms. The summed E-state index contributed by atoms with van der Waals surface area (Å²) >= 11 is 0. The summed E-state index contributed by atoms with van der Waals surface area (Å²) in [5.41, 5.74) is 0.146. The summed E-state index contributed by atoms with van der Waals surface area (Å²) in [6, 6.07) is 16.8. The van der Waals surface area contributed by atoms with Gasteiger partial charge in [0.2, 0.25) is 5.91 Å². The third-order valence-corrected chi connectivity index (χ3v) is 5.30.